The number of nitrogens with zero attached hydrogens (tertiary/aromatic N) is 2. The van der Waals surface area contributed by atoms with Crippen LogP contribution in [-0.4, -0.2) is 16.3 Å². The van der Waals surface area contributed by atoms with Gasteiger partial charge in [0, 0.05) is 24.2 Å². The van der Waals surface area contributed by atoms with Crippen molar-refractivity contribution in [3.63, 3.8) is 0 Å². The van der Waals surface area contributed by atoms with Crippen LogP contribution in [0.25, 0.3) is 0 Å². The molecule has 1 aliphatic heterocycles. The highest BCUT2D eigenvalue weighted by Gasteiger charge is 2.20. The molecule has 0 saturated heterocycles. The number of fused-ring (bicyclic) bond motifs is 1. The maximum absolute atomic E-state index is 5.93. The maximum atomic E-state index is 5.93. The van der Waals surface area contributed by atoms with Gasteiger partial charge < -0.3 is 10.1 Å². The first-order chi connectivity index (χ1) is 9.24. The monoisotopic (exact) mass is 277 g/mol. The van der Waals surface area contributed by atoms with Crippen LogP contribution in [0.5, 0.6) is 5.88 Å². The third kappa shape index (κ3) is 2.60. The smallest absolute Gasteiger partial charge is 0.215 e. The van der Waals surface area contributed by atoms with E-state index in [1.165, 1.54) is 5.56 Å². The zero-order chi connectivity index (χ0) is 13.2. The molecule has 0 saturated carbocycles. The quantitative estimate of drug-likeness (QED) is 0.936. The van der Waals surface area contributed by atoms with Crippen molar-refractivity contribution in [2.75, 3.05) is 6.54 Å². The van der Waals surface area contributed by atoms with Crippen LogP contribution in [0.3, 0.4) is 0 Å². The van der Waals surface area contributed by atoms with Gasteiger partial charge in [0.05, 0.1) is 5.69 Å². The molecule has 3 rings (SSSR count). The molecule has 2 aromatic rings. The number of hydrogen-bond acceptors (Lipinski definition) is 3. The number of aromatic nitrogens is 2. The number of ether oxygens (including phenoxy) is 1. The molecule has 0 radical (unpaired) electrons. The molecule has 1 aromatic carbocycles. The normalized spacial score (nSPS) is 14.2. The molecule has 2 heterocycles. The molecular formula is C14H16ClN3O. The van der Waals surface area contributed by atoms with E-state index in [0.29, 0.717) is 6.61 Å². The van der Waals surface area contributed by atoms with Crippen LogP contribution in [0.15, 0.2) is 24.3 Å². The van der Waals surface area contributed by atoms with Gasteiger partial charge in [-0.25, -0.2) is 4.68 Å². The minimum absolute atomic E-state index is 0.538. The standard InChI is InChI=1S/C14H16ClN3O/c1-18-14(12-6-7-16-8-13(12)17-18)19-9-10-2-4-11(15)5-3-10/h2-5,16H,6-9H2,1H3. The van der Waals surface area contributed by atoms with Gasteiger partial charge in [-0.15, -0.1) is 0 Å². The number of hydrogen-bond donors (Lipinski definition) is 1. The summed E-state index contributed by atoms with van der Waals surface area (Å²) in [5.74, 6) is 0.881. The van der Waals surface area contributed by atoms with Crippen LogP contribution in [-0.2, 0) is 26.6 Å². The Morgan fingerprint density at radius 2 is 2.16 bits per heavy atom. The molecule has 19 heavy (non-hydrogen) atoms. The second-order valence-electron chi connectivity index (χ2n) is 4.70. The van der Waals surface area contributed by atoms with E-state index >= 15 is 0 Å². The van der Waals surface area contributed by atoms with E-state index in [4.69, 9.17) is 16.3 Å². The predicted octanol–water partition coefficient (Wildman–Crippen LogP) is 2.30. The summed E-state index contributed by atoms with van der Waals surface area (Å²) in [5.41, 5.74) is 3.43. The van der Waals surface area contributed by atoms with Gasteiger partial charge in [0.2, 0.25) is 5.88 Å². The van der Waals surface area contributed by atoms with Crippen molar-refractivity contribution >= 4 is 11.6 Å². The Balaban J connectivity index is 1.76. The minimum Gasteiger partial charge on any atom is -0.473 e. The fourth-order valence-corrected chi connectivity index (χ4v) is 2.46. The van der Waals surface area contributed by atoms with Crippen LogP contribution in [0, 0.1) is 0 Å². The molecule has 0 aliphatic carbocycles. The largest absolute Gasteiger partial charge is 0.473 e. The summed E-state index contributed by atoms with van der Waals surface area (Å²) < 4.78 is 7.76. The Morgan fingerprint density at radius 3 is 2.95 bits per heavy atom. The van der Waals surface area contributed by atoms with Crippen LogP contribution in [0.1, 0.15) is 16.8 Å². The van der Waals surface area contributed by atoms with Crippen molar-refractivity contribution < 1.29 is 4.74 Å². The molecule has 4 nitrogen and oxygen atoms in total. The van der Waals surface area contributed by atoms with Crippen LogP contribution >= 0.6 is 11.6 Å². The fraction of sp³-hybridized carbons (Fsp3) is 0.357. The summed E-state index contributed by atoms with van der Waals surface area (Å²) in [7, 11) is 1.93. The molecule has 0 unspecified atom stereocenters. The van der Waals surface area contributed by atoms with Crippen molar-refractivity contribution in [1.29, 1.82) is 0 Å². The Hall–Kier alpha value is -1.52. The van der Waals surface area contributed by atoms with E-state index in [1.54, 1.807) is 0 Å². The van der Waals surface area contributed by atoms with Crippen LogP contribution < -0.4 is 10.1 Å². The zero-order valence-electron chi connectivity index (χ0n) is 10.8. The molecule has 0 spiro atoms. The molecule has 0 atom stereocenters. The number of benzene rings is 1. The lowest BCUT2D eigenvalue weighted by Crippen LogP contribution is -2.23. The van der Waals surface area contributed by atoms with Gasteiger partial charge in [-0.3, -0.25) is 0 Å². The summed E-state index contributed by atoms with van der Waals surface area (Å²) in [6.07, 6.45) is 0.971. The molecule has 0 amide bonds. The first-order valence-corrected chi connectivity index (χ1v) is 6.74. The lowest BCUT2D eigenvalue weighted by atomic mass is 10.1. The van der Waals surface area contributed by atoms with Crippen molar-refractivity contribution in [2.45, 2.75) is 19.6 Å². The first kappa shape index (κ1) is 12.5. The van der Waals surface area contributed by atoms with Crippen LogP contribution in [0.2, 0.25) is 5.02 Å². The Kier molecular flexibility index (Phi) is 3.44. The third-order valence-electron chi connectivity index (χ3n) is 3.30. The predicted molar refractivity (Wildman–Crippen MR) is 74.4 cm³/mol. The highest BCUT2D eigenvalue weighted by molar-refractivity contribution is 6.30. The topological polar surface area (TPSA) is 39.1 Å². The lowest BCUT2D eigenvalue weighted by Gasteiger charge is -2.13. The minimum atomic E-state index is 0.538. The highest BCUT2D eigenvalue weighted by atomic mass is 35.5. The molecule has 0 fully saturated rings. The zero-order valence-corrected chi connectivity index (χ0v) is 11.6. The average Bonchev–Trinajstić information content (AvgIpc) is 2.74. The second kappa shape index (κ2) is 5.23. The van der Waals surface area contributed by atoms with E-state index in [1.807, 2.05) is 36.0 Å². The van der Waals surface area contributed by atoms with Gasteiger partial charge in [0.25, 0.3) is 0 Å². The summed E-state index contributed by atoms with van der Waals surface area (Å²) in [6.45, 7) is 2.35. The van der Waals surface area contributed by atoms with Gasteiger partial charge in [0.15, 0.2) is 0 Å². The fourth-order valence-electron chi connectivity index (χ4n) is 2.33. The summed E-state index contributed by atoms with van der Waals surface area (Å²) in [4.78, 5) is 0. The van der Waals surface area contributed by atoms with Gasteiger partial charge in [0.1, 0.15) is 6.61 Å². The van der Waals surface area contributed by atoms with Crippen molar-refractivity contribution in [3.8, 4) is 5.88 Å². The molecular weight excluding hydrogens is 262 g/mol. The van der Waals surface area contributed by atoms with E-state index in [-0.39, 0.29) is 0 Å². The summed E-state index contributed by atoms with van der Waals surface area (Å²) >= 11 is 5.87. The van der Waals surface area contributed by atoms with Gasteiger partial charge in [-0.05, 0) is 30.7 Å². The van der Waals surface area contributed by atoms with Gasteiger partial charge in [-0.1, -0.05) is 23.7 Å². The maximum Gasteiger partial charge on any atom is 0.215 e. The molecule has 1 aliphatic rings. The SMILES string of the molecule is Cn1nc2c(c1OCc1ccc(Cl)cc1)CCNC2. The molecule has 5 heteroatoms. The summed E-state index contributed by atoms with van der Waals surface area (Å²) in [5, 5.41) is 8.54. The van der Waals surface area contributed by atoms with E-state index in [2.05, 4.69) is 10.4 Å². The van der Waals surface area contributed by atoms with E-state index < -0.39 is 0 Å². The average molecular weight is 278 g/mol. The third-order valence-corrected chi connectivity index (χ3v) is 3.56. The Bertz CT molecular complexity index is 577. The van der Waals surface area contributed by atoms with Crippen molar-refractivity contribution in [1.82, 2.24) is 15.1 Å². The van der Waals surface area contributed by atoms with E-state index in [9.17, 15) is 0 Å². The molecule has 100 valence electrons. The highest BCUT2D eigenvalue weighted by Crippen LogP contribution is 2.25. The second-order valence-corrected chi connectivity index (χ2v) is 5.13. The number of nitrogens with one attached hydrogen (secondary N) is 1. The molecule has 1 aromatic heterocycles. The summed E-state index contributed by atoms with van der Waals surface area (Å²) in [6, 6.07) is 7.71. The molecule has 1 N–H and O–H groups in total. The van der Waals surface area contributed by atoms with Gasteiger partial charge in [-0.2, -0.15) is 5.10 Å². The Morgan fingerprint density at radius 1 is 1.37 bits per heavy atom. The molecule has 0 bridgehead atoms. The number of rotatable bonds is 3. The Labute approximate surface area is 117 Å². The first-order valence-electron chi connectivity index (χ1n) is 6.37. The van der Waals surface area contributed by atoms with E-state index in [0.717, 1.165) is 41.7 Å². The van der Waals surface area contributed by atoms with Crippen molar-refractivity contribution in [2.24, 2.45) is 7.05 Å². The van der Waals surface area contributed by atoms with Crippen molar-refractivity contribution in [3.05, 3.63) is 46.1 Å². The number of halogens is 1. The number of aryl methyl sites for hydroxylation is 1. The lowest BCUT2D eigenvalue weighted by molar-refractivity contribution is 0.275. The van der Waals surface area contributed by atoms with Crippen LogP contribution in [0.4, 0.5) is 0 Å². The van der Waals surface area contributed by atoms with Gasteiger partial charge >= 0.3 is 0 Å².